The quantitative estimate of drug-likeness (QED) is 0.612. The van der Waals surface area contributed by atoms with Crippen LogP contribution in [0, 0.1) is 5.41 Å². The molecule has 2 rings (SSSR count). The number of hydrogen-bond donors (Lipinski definition) is 1. The van der Waals surface area contributed by atoms with E-state index in [9.17, 15) is 14.4 Å². The van der Waals surface area contributed by atoms with Gasteiger partial charge in [0.15, 0.2) is 11.2 Å². The Labute approximate surface area is 167 Å². The molecule has 1 fully saturated rings. The molecular formula is C22H31NO5. The first kappa shape index (κ1) is 21.9. The number of benzene rings is 1. The molecule has 0 radical (unpaired) electrons. The van der Waals surface area contributed by atoms with Crippen molar-refractivity contribution in [2.45, 2.75) is 78.0 Å². The van der Waals surface area contributed by atoms with Crippen LogP contribution in [0.1, 0.15) is 72.4 Å². The maximum absolute atomic E-state index is 13.2. The topological polar surface area (TPSA) is 81.7 Å². The zero-order chi connectivity index (χ0) is 21.2. The number of carbonyl (C=O) groups is 3. The van der Waals surface area contributed by atoms with Gasteiger partial charge in [-0.3, -0.25) is 9.59 Å². The molecule has 1 aliphatic carbocycles. The molecule has 0 bridgehead atoms. The smallest absolute Gasteiger partial charge is 0.408 e. The van der Waals surface area contributed by atoms with Crippen molar-refractivity contribution in [3.8, 4) is 0 Å². The molecule has 6 heteroatoms. The predicted octanol–water partition coefficient (Wildman–Crippen LogP) is 4.33. The monoisotopic (exact) mass is 389 g/mol. The predicted molar refractivity (Wildman–Crippen MR) is 106 cm³/mol. The molecule has 0 unspecified atom stereocenters. The number of carbonyl (C=O) groups excluding carboxylic acids is 3. The van der Waals surface area contributed by atoms with Gasteiger partial charge >= 0.3 is 12.1 Å². The second-order valence-electron chi connectivity index (χ2n) is 9.24. The summed E-state index contributed by atoms with van der Waals surface area (Å²) in [7, 11) is 0. The van der Waals surface area contributed by atoms with Crippen LogP contribution in [0.25, 0.3) is 0 Å². The number of rotatable bonds is 4. The van der Waals surface area contributed by atoms with Gasteiger partial charge in [-0.1, -0.05) is 30.3 Å². The minimum Gasteiger partial charge on any atom is -0.459 e. The minimum absolute atomic E-state index is 0.216. The molecule has 0 aliphatic heterocycles. The Morgan fingerprint density at radius 2 is 1.57 bits per heavy atom. The normalized spacial score (nSPS) is 21.1. The van der Waals surface area contributed by atoms with Gasteiger partial charge in [-0.2, -0.15) is 0 Å². The van der Waals surface area contributed by atoms with Crippen molar-refractivity contribution in [2.75, 3.05) is 0 Å². The summed E-state index contributed by atoms with van der Waals surface area (Å²) in [4.78, 5) is 38.8. The fourth-order valence-corrected chi connectivity index (χ4v) is 3.46. The number of ketones is 1. The third-order valence-electron chi connectivity index (χ3n) is 4.52. The summed E-state index contributed by atoms with van der Waals surface area (Å²) in [5.74, 6) is -0.820. The van der Waals surface area contributed by atoms with Crippen LogP contribution >= 0.6 is 0 Å². The molecule has 0 saturated heterocycles. The largest absolute Gasteiger partial charge is 0.459 e. The number of esters is 1. The van der Waals surface area contributed by atoms with E-state index in [2.05, 4.69) is 5.32 Å². The van der Waals surface area contributed by atoms with Gasteiger partial charge < -0.3 is 14.8 Å². The van der Waals surface area contributed by atoms with Crippen molar-refractivity contribution < 1.29 is 23.9 Å². The molecule has 2 atom stereocenters. The Bertz CT molecular complexity index is 730. The Morgan fingerprint density at radius 3 is 2.04 bits per heavy atom. The lowest BCUT2D eigenvalue weighted by Gasteiger charge is -2.37. The van der Waals surface area contributed by atoms with Crippen LogP contribution in [0.3, 0.4) is 0 Å². The van der Waals surface area contributed by atoms with E-state index >= 15 is 0 Å². The highest BCUT2D eigenvalue weighted by Crippen LogP contribution is 2.47. The average molecular weight is 389 g/mol. The molecule has 0 heterocycles. The standard InChI is InChI=1S/C22H31NO5/c1-20(2,3)27-18(25)22(14-10-13-16(22)24)17(15-11-8-7-9-12-15)23-19(26)28-21(4,5)6/h7-9,11-12,17H,10,13-14H2,1-6H3,(H,23,26)/t17-,22-/m0/s1. The second-order valence-corrected chi connectivity index (χ2v) is 9.24. The van der Waals surface area contributed by atoms with Crippen molar-refractivity contribution in [3.63, 3.8) is 0 Å². The highest BCUT2D eigenvalue weighted by Gasteiger charge is 2.57. The number of ether oxygens (including phenoxy) is 2. The molecule has 1 aromatic carbocycles. The summed E-state index contributed by atoms with van der Waals surface area (Å²) >= 11 is 0. The molecule has 1 aliphatic rings. The Balaban J connectivity index is 2.49. The van der Waals surface area contributed by atoms with Crippen LogP contribution in [-0.4, -0.2) is 29.0 Å². The van der Waals surface area contributed by atoms with Crippen molar-refractivity contribution >= 4 is 17.8 Å². The van der Waals surface area contributed by atoms with E-state index < -0.39 is 34.7 Å². The lowest BCUT2D eigenvalue weighted by atomic mass is 9.74. The van der Waals surface area contributed by atoms with E-state index in [4.69, 9.17) is 9.47 Å². The van der Waals surface area contributed by atoms with Crippen molar-refractivity contribution in [2.24, 2.45) is 5.41 Å². The van der Waals surface area contributed by atoms with Gasteiger partial charge in [0, 0.05) is 6.42 Å². The van der Waals surface area contributed by atoms with Crippen molar-refractivity contribution in [1.29, 1.82) is 0 Å². The third kappa shape index (κ3) is 5.12. The van der Waals surface area contributed by atoms with E-state index in [0.29, 0.717) is 18.4 Å². The lowest BCUT2D eigenvalue weighted by Crippen LogP contribution is -2.51. The van der Waals surface area contributed by atoms with E-state index in [1.165, 1.54) is 0 Å². The molecule has 1 saturated carbocycles. The average Bonchev–Trinajstić information content (AvgIpc) is 2.92. The number of Topliss-reactive ketones (excluding diaryl/α,β-unsaturated/α-hetero) is 1. The maximum atomic E-state index is 13.2. The van der Waals surface area contributed by atoms with E-state index in [1.807, 2.05) is 6.07 Å². The minimum atomic E-state index is -1.47. The van der Waals surface area contributed by atoms with Crippen LogP contribution in [0.2, 0.25) is 0 Å². The van der Waals surface area contributed by atoms with Crippen molar-refractivity contribution in [3.05, 3.63) is 35.9 Å². The summed E-state index contributed by atoms with van der Waals surface area (Å²) in [5, 5.41) is 2.79. The zero-order valence-corrected chi connectivity index (χ0v) is 17.6. The van der Waals surface area contributed by atoms with Crippen LogP contribution in [0.4, 0.5) is 4.79 Å². The van der Waals surface area contributed by atoms with Crippen LogP contribution in [-0.2, 0) is 19.1 Å². The maximum Gasteiger partial charge on any atom is 0.408 e. The molecule has 1 amide bonds. The summed E-state index contributed by atoms with van der Waals surface area (Å²) in [6.45, 7) is 10.6. The van der Waals surface area contributed by atoms with Gasteiger partial charge in [-0.05, 0) is 59.9 Å². The van der Waals surface area contributed by atoms with Crippen LogP contribution in [0.15, 0.2) is 30.3 Å². The highest BCUT2D eigenvalue weighted by atomic mass is 16.6. The number of hydrogen-bond acceptors (Lipinski definition) is 5. The van der Waals surface area contributed by atoms with Gasteiger partial charge in [0.05, 0.1) is 6.04 Å². The number of alkyl carbamates (subject to hydrolysis) is 1. The number of nitrogens with one attached hydrogen (secondary N) is 1. The first-order chi connectivity index (χ1) is 12.8. The third-order valence-corrected chi connectivity index (χ3v) is 4.52. The Kier molecular flexibility index (Phi) is 6.21. The summed E-state index contributed by atoms with van der Waals surface area (Å²) in [5.41, 5.74) is -2.26. The molecule has 6 nitrogen and oxygen atoms in total. The zero-order valence-electron chi connectivity index (χ0n) is 17.6. The molecular weight excluding hydrogens is 358 g/mol. The summed E-state index contributed by atoms with van der Waals surface area (Å²) in [6, 6.07) is 8.17. The fourth-order valence-electron chi connectivity index (χ4n) is 3.46. The van der Waals surface area contributed by atoms with E-state index in [-0.39, 0.29) is 12.2 Å². The van der Waals surface area contributed by atoms with Gasteiger partial charge in [-0.25, -0.2) is 4.79 Å². The molecule has 28 heavy (non-hydrogen) atoms. The van der Waals surface area contributed by atoms with Crippen LogP contribution in [0.5, 0.6) is 0 Å². The fraction of sp³-hybridized carbons (Fsp3) is 0.591. The van der Waals surface area contributed by atoms with Gasteiger partial charge in [0.1, 0.15) is 11.2 Å². The molecule has 0 spiro atoms. The molecule has 1 N–H and O–H groups in total. The van der Waals surface area contributed by atoms with Crippen LogP contribution < -0.4 is 5.32 Å². The highest BCUT2D eigenvalue weighted by molar-refractivity contribution is 6.06. The first-order valence-electron chi connectivity index (χ1n) is 9.66. The summed E-state index contributed by atoms with van der Waals surface area (Å²) < 4.78 is 11.0. The number of amides is 1. The Hall–Kier alpha value is -2.37. The van der Waals surface area contributed by atoms with Gasteiger partial charge in [-0.15, -0.1) is 0 Å². The summed E-state index contributed by atoms with van der Waals surface area (Å²) in [6.07, 6.45) is 0.482. The van der Waals surface area contributed by atoms with Crippen molar-refractivity contribution in [1.82, 2.24) is 5.32 Å². The Morgan fingerprint density at radius 1 is 1.00 bits per heavy atom. The van der Waals surface area contributed by atoms with Gasteiger partial charge in [0.2, 0.25) is 0 Å². The molecule has 154 valence electrons. The van der Waals surface area contributed by atoms with E-state index in [0.717, 1.165) is 0 Å². The molecule has 0 aromatic heterocycles. The molecule has 1 aromatic rings. The first-order valence-corrected chi connectivity index (χ1v) is 9.66. The van der Waals surface area contributed by atoms with E-state index in [1.54, 1.807) is 65.8 Å². The second kappa shape index (κ2) is 7.94. The van der Waals surface area contributed by atoms with Gasteiger partial charge in [0.25, 0.3) is 0 Å². The SMILES string of the molecule is CC(C)(C)OC(=O)N[C@@H](c1ccccc1)[C@]1(C(=O)OC(C)(C)C)CCCC1=O. The lowest BCUT2D eigenvalue weighted by molar-refractivity contribution is -0.171.